The lowest BCUT2D eigenvalue weighted by Gasteiger charge is -2.02. The van der Waals surface area contributed by atoms with Gasteiger partial charge in [-0.3, -0.25) is 10.1 Å². The zero-order valence-electron chi connectivity index (χ0n) is 10.3. The average Bonchev–Trinajstić information content (AvgIpc) is 2.48. The number of benzene rings is 1. The lowest BCUT2D eigenvalue weighted by atomic mass is 10.2. The van der Waals surface area contributed by atoms with Crippen molar-refractivity contribution in [2.45, 2.75) is 10.1 Å². The average molecular weight is 291 g/mol. The predicted octanol–water partition coefficient (Wildman–Crippen LogP) is 2.32. The number of carbonyl (C=O) groups is 1. The van der Waals surface area contributed by atoms with Crippen molar-refractivity contribution in [2.24, 2.45) is 0 Å². The van der Waals surface area contributed by atoms with Gasteiger partial charge in [-0.15, -0.1) is 0 Å². The van der Waals surface area contributed by atoms with Crippen LogP contribution in [-0.2, 0) is 4.74 Å². The van der Waals surface area contributed by atoms with E-state index in [-0.39, 0.29) is 5.69 Å². The fourth-order valence-corrected chi connectivity index (χ4v) is 2.03. The van der Waals surface area contributed by atoms with Gasteiger partial charge in [-0.05, 0) is 36.0 Å². The molecule has 0 saturated heterocycles. The van der Waals surface area contributed by atoms with Gasteiger partial charge in [0.15, 0.2) is 5.16 Å². The number of carbonyl (C=O) groups excluding carboxylic acids is 1. The number of nitro groups is 1. The van der Waals surface area contributed by atoms with E-state index in [0.717, 1.165) is 17.3 Å². The Balaban J connectivity index is 2.10. The zero-order valence-corrected chi connectivity index (χ0v) is 11.2. The first kappa shape index (κ1) is 13.9. The quantitative estimate of drug-likeness (QED) is 0.369. The Bertz CT molecular complexity index is 628. The summed E-state index contributed by atoms with van der Waals surface area (Å²) in [4.78, 5) is 29.8. The molecular formula is C12H9N3O4S. The number of hydrogen-bond acceptors (Lipinski definition) is 7. The van der Waals surface area contributed by atoms with Gasteiger partial charge in [-0.1, -0.05) is 0 Å². The maximum Gasteiger partial charge on any atom is 0.337 e. The first-order valence-electron chi connectivity index (χ1n) is 5.43. The molecule has 20 heavy (non-hydrogen) atoms. The molecule has 0 spiro atoms. The maximum atomic E-state index is 11.3. The van der Waals surface area contributed by atoms with Crippen LogP contribution in [0.3, 0.4) is 0 Å². The fraction of sp³-hybridized carbons (Fsp3) is 0.0833. The minimum atomic E-state index is -0.556. The second kappa shape index (κ2) is 6.11. The summed E-state index contributed by atoms with van der Waals surface area (Å²) in [5, 5.41) is 10.9. The van der Waals surface area contributed by atoms with Crippen molar-refractivity contribution in [3.63, 3.8) is 0 Å². The van der Waals surface area contributed by atoms with Gasteiger partial charge in [0.2, 0.25) is 0 Å². The van der Waals surface area contributed by atoms with E-state index < -0.39 is 10.9 Å². The number of esters is 1. The molecule has 0 atom stereocenters. The van der Waals surface area contributed by atoms with Crippen molar-refractivity contribution in [1.82, 2.24) is 9.97 Å². The number of rotatable bonds is 4. The van der Waals surface area contributed by atoms with Crippen molar-refractivity contribution in [2.75, 3.05) is 7.11 Å². The van der Waals surface area contributed by atoms with Crippen LogP contribution in [0.25, 0.3) is 0 Å². The molecular weight excluding hydrogens is 282 g/mol. The Morgan fingerprint density at radius 2 is 1.85 bits per heavy atom. The maximum absolute atomic E-state index is 11.3. The largest absolute Gasteiger partial charge is 0.465 e. The molecule has 0 aliphatic rings. The first-order valence-corrected chi connectivity index (χ1v) is 6.24. The Kier molecular flexibility index (Phi) is 4.26. The Labute approximate surface area is 118 Å². The second-order valence-corrected chi connectivity index (χ2v) is 4.64. The van der Waals surface area contributed by atoms with Crippen molar-refractivity contribution in [1.29, 1.82) is 0 Å². The topological polar surface area (TPSA) is 95.2 Å². The highest BCUT2D eigenvalue weighted by atomic mass is 32.2. The summed E-state index contributed by atoms with van der Waals surface area (Å²) in [7, 11) is 1.32. The van der Waals surface area contributed by atoms with Gasteiger partial charge in [-0.25, -0.2) is 14.8 Å². The minimum absolute atomic E-state index is 0.157. The summed E-state index contributed by atoms with van der Waals surface area (Å²) in [6.07, 6.45) is 2.30. The second-order valence-electron chi connectivity index (χ2n) is 3.60. The summed E-state index contributed by atoms with van der Waals surface area (Å²) in [6, 6.07) is 6.70. The molecule has 1 aromatic carbocycles. The van der Waals surface area contributed by atoms with Gasteiger partial charge in [0.05, 0.1) is 17.6 Å². The molecule has 102 valence electrons. The van der Waals surface area contributed by atoms with Gasteiger partial charge in [0, 0.05) is 4.90 Å². The number of methoxy groups -OCH3 is 1. The molecule has 1 heterocycles. The molecule has 2 aromatic rings. The van der Waals surface area contributed by atoms with Gasteiger partial charge >= 0.3 is 11.7 Å². The molecule has 0 amide bonds. The molecule has 0 radical (unpaired) electrons. The van der Waals surface area contributed by atoms with Crippen LogP contribution in [0.4, 0.5) is 5.69 Å². The van der Waals surface area contributed by atoms with Gasteiger partial charge in [0.25, 0.3) is 0 Å². The highest BCUT2D eigenvalue weighted by Crippen LogP contribution is 2.25. The molecule has 7 nitrogen and oxygen atoms in total. The minimum Gasteiger partial charge on any atom is -0.465 e. The van der Waals surface area contributed by atoms with Crippen LogP contribution in [0.1, 0.15) is 10.4 Å². The Morgan fingerprint density at radius 3 is 2.35 bits per heavy atom. The standard InChI is InChI=1S/C12H9N3O4S/c1-19-11(16)8-2-4-10(5-3-8)20-12-13-6-9(7-14-12)15(17)18/h2-7H,1H3. The molecule has 1 aromatic heterocycles. The summed E-state index contributed by atoms with van der Waals surface area (Å²) in [5.74, 6) is -0.409. The molecule has 0 aliphatic carbocycles. The highest BCUT2D eigenvalue weighted by molar-refractivity contribution is 7.99. The highest BCUT2D eigenvalue weighted by Gasteiger charge is 2.09. The van der Waals surface area contributed by atoms with Crippen molar-refractivity contribution >= 4 is 23.4 Å². The summed E-state index contributed by atoms with van der Waals surface area (Å²) < 4.78 is 4.60. The third-order valence-electron chi connectivity index (χ3n) is 2.31. The lowest BCUT2D eigenvalue weighted by Crippen LogP contribution is -2.00. The van der Waals surface area contributed by atoms with E-state index in [0.29, 0.717) is 10.7 Å². The van der Waals surface area contributed by atoms with Crippen LogP contribution < -0.4 is 0 Å². The number of hydrogen-bond donors (Lipinski definition) is 0. The van der Waals surface area contributed by atoms with Crippen LogP contribution in [-0.4, -0.2) is 28.0 Å². The SMILES string of the molecule is COC(=O)c1ccc(Sc2ncc([N+](=O)[O-])cn2)cc1. The number of ether oxygens (including phenoxy) is 1. The third kappa shape index (κ3) is 3.29. The zero-order chi connectivity index (χ0) is 14.5. The molecule has 0 N–H and O–H groups in total. The molecule has 0 unspecified atom stereocenters. The van der Waals surface area contributed by atoms with E-state index in [2.05, 4.69) is 14.7 Å². The van der Waals surface area contributed by atoms with E-state index in [1.807, 2.05) is 0 Å². The van der Waals surface area contributed by atoms with Gasteiger partial charge in [0.1, 0.15) is 12.4 Å². The molecule has 0 saturated carbocycles. The summed E-state index contributed by atoms with van der Waals surface area (Å²) in [6.45, 7) is 0. The fourth-order valence-electron chi connectivity index (χ4n) is 1.34. The van der Waals surface area contributed by atoms with E-state index >= 15 is 0 Å². The predicted molar refractivity (Wildman–Crippen MR) is 70.6 cm³/mol. The summed E-state index contributed by atoms with van der Waals surface area (Å²) in [5.41, 5.74) is 0.289. The summed E-state index contributed by atoms with van der Waals surface area (Å²) >= 11 is 1.24. The van der Waals surface area contributed by atoms with Gasteiger partial charge < -0.3 is 4.74 Å². The van der Waals surface area contributed by atoms with Crippen LogP contribution in [0, 0.1) is 10.1 Å². The van der Waals surface area contributed by atoms with Crippen molar-refractivity contribution in [3.8, 4) is 0 Å². The molecule has 0 aliphatic heterocycles. The van der Waals surface area contributed by atoms with Crippen LogP contribution in [0.15, 0.2) is 46.7 Å². The number of nitrogens with zero attached hydrogens (tertiary/aromatic N) is 3. The molecule has 0 bridgehead atoms. The Hall–Kier alpha value is -2.48. The van der Waals surface area contributed by atoms with Crippen molar-refractivity contribution in [3.05, 3.63) is 52.3 Å². The van der Waals surface area contributed by atoms with Crippen LogP contribution in [0.2, 0.25) is 0 Å². The molecule has 0 fully saturated rings. The van der Waals surface area contributed by atoms with Crippen LogP contribution in [0.5, 0.6) is 0 Å². The van der Waals surface area contributed by atoms with E-state index in [9.17, 15) is 14.9 Å². The molecule has 8 heteroatoms. The normalized spacial score (nSPS) is 10.1. The smallest absolute Gasteiger partial charge is 0.337 e. The van der Waals surface area contributed by atoms with Crippen LogP contribution >= 0.6 is 11.8 Å². The Morgan fingerprint density at radius 1 is 1.25 bits per heavy atom. The monoisotopic (exact) mass is 291 g/mol. The first-order chi connectivity index (χ1) is 9.60. The van der Waals surface area contributed by atoms with Gasteiger partial charge in [-0.2, -0.15) is 0 Å². The third-order valence-corrected chi connectivity index (χ3v) is 3.21. The lowest BCUT2D eigenvalue weighted by molar-refractivity contribution is -0.385. The molecule has 2 rings (SSSR count). The van der Waals surface area contributed by atoms with E-state index in [1.54, 1.807) is 24.3 Å². The van der Waals surface area contributed by atoms with E-state index in [4.69, 9.17) is 0 Å². The van der Waals surface area contributed by atoms with E-state index in [1.165, 1.54) is 18.9 Å². The van der Waals surface area contributed by atoms with Crippen molar-refractivity contribution < 1.29 is 14.5 Å². The number of aromatic nitrogens is 2.